The minimum Gasteiger partial charge on any atom is -0.489 e. The van der Waals surface area contributed by atoms with Crippen LogP contribution in [0.2, 0.25) is 0 Å². The molecule has 0 fully saturated rings. The molecule has 150 valence electrons. The van der Waals surface area contributed by atoms with Crippen molar-refractivity contribution in [2.75, 3.05) is 6.61 Å². The first kappa shape index (κ1) is 21.7. The highest BCUT2D eigenvalue weighted by molar-refractivity contribution is 5.77. The van der Waals surface area contributed by atoms with Crippen molar-refractivity contribution >= 4 is 11.0 Å². The number of hydrogen-bond donors (Lipinski definition) is 1. The molecule has 0 saturated carbocycles. The van der Waals surface area contributed by atoms with Gasteiger partial charge in [-0.15, -0.1) is 0 Å². The first-order valence-electron chi connectivity index (χ1n) is 9.64. The van der Waals surface area contributed by atoms with Crippen molar-refractivity contribution in [3.8, 4) is 5.75 Å². The second kappa shape index (κ2) is 10.7. The molecule has 1 heterocycles. The largest absolute Gasteiger partial charge is 0.489 e. The van der Waals surface area contributed by atoms with Crippen molar-refractivity contribution in [2.45, 2.75) is 53.1 Å². The third kappa shape index (κ3) is 7.57. The van der Waals surface area contributed by atoms with E-state index in [1.165, 1.54) is 17.2 Å². The van der Waals surface area contributed by atoms with Crippen LogP contribution in [-0.4, -0.2) is 17.8 Å². The van der Waals surface area contributed by atoms with Crippen LogP contribution >= 0.6 is 0 Å². The van der Waals surface area contributed by atoms with Gasteiger partial charge in [-0.1, -0.05) is 28.9 Å². The van der Waals surface area contributed by atoms with Crippen molar-refractivity contribution in [3.63, 3.8) is 0 Å². The molecule has 0 spiro atoms. The van der Waals surface area contributed by atoms with E-state index in [0.29, 0.717) is 24.4 Å². The maximum atomic E-state index is 11.3. The standard InChI is InChI=1S/C24H30O4/c1-17(2)6-5-7-18(3)14-21(25)15-19(4)12-13-27-22-10-8-20-9-11-24(26)28-23(20)16-22/h6,8-12,14,16,21,25H,5,7,13,15H2,1-4H3/t21-/m1/s1. The molecule has 1 aromatic heterocycles. The van der Waals surface area contributed by atoms with E-state index in [0.717, 1.165) is 23.8 Å². The summed E-state index contributed by atoms with van der Waals surface area (Å²) in [6.07, 6.45) is 8.17. The molecule has 0 aliphatic rings. The average Bonchev–Trinajstić information content (AvgIpc) is 2.60. The molecule has 0 unspecified atom stereocenters. The third-order valence-corrected chi connectivity index (χ3v) is 4.38. The van der Waals surface area contributed by atoms with Crippen molar-refractivity contribution in [2.24, 2.45) is 0 Å². The number of hydrogen-bond acceptors (Lipinski definition) is 4. The fourth-order valence-electron chi connectivity index (χ4n) is 2.88. The van der Waals surface area contributed by atoms with Crippen LogP contribution in [0.3, 0.4) is 0 Å². The normalized spacial score (nSPS) is 13.5. The van der Waals surface area contributed by atoms with Gasteiger partial charge in [0, 0.05) is 17.5 Å². The van der Waals surface area contributed by atoms with Gasteiger partial charge in [0.2, 0.25) is 0 Å². The quantitative estimate of drug-likeness (QED) is 0.455. The maximum Gasteiger partial charge on any atom is 0.336 e. The molecule has 4 heteroatoms. The zero-order chi connectivity index (χ0) is 20.5. The van der Waals surface area contributed by atoms with E-state index in [4.69, 9.17) is 9.15 Å². The van der Waals surface area contributed by atoms with Crippen LogP contribution < -0.4 is 10.4 Å². The van der Waals surface area contributed by atoms with Crippen LogP contribution in [0, 0.1) is 0 Å². The molecule has 0 radical (unpaired) electrons. The lowest BCUT2D eigenvalue weighted by molar-refractivity contribution is 0.222. The van der Waals surface area contributed by atoms with Gasteiger partial charge in [0.1, 0.15) is 17.9 Å². The minimum atomic E-state index is -0.488. The van der Waals surface area contributed by atoms with Gasteiger partial charge in [0.15, 0.2) is 0 Å². The number of aliphatic hydroxyl groups is 1. The molecule has 0 bridgehead atoms. The highest BCUT2D eigenvalue weighted by atomic mass is 16.5. The lowest BCUT2D eigenvalue weighted by Gasteiger charge is -2.09. The number of fused-ring (bicyclic) bond motifs is 1. The van der Waals surface area contributed by atoms with Crippen LogP contribution in [0.4, 0.5) is 0 Å². The number of benzene rings is 1. The van der Waals surface area contributed by atoms with Gasteiger partial charge in [-0.2, -0.15) is 0 Å². The zero-order valence-electron chi connectivity index (χ0n) is 17.2. The molecule has 1 aromatic carbocycles. The molecule has 2 aromatic rings. The minimum absolute atomic E-state index is 0.376. The van der Waals surface area contributed by atoms with E-state index in [-0.39, 0.29) is 5.63 Å². The molecule has 28 heavy (non-hydrogen) atoms. The fraction of sp³-hybridized carbons (Fsp3) is 0.375. The summed E-state index contributed by atoms with van der Waals surface area (Å²) in [6, 6.07) is 8.55. The van der Waals surface area contributed by atoms with Gasteiger partial charge >= 0.3 is 5.63 Å². The molecular formula is C24H30O4. The monoisotopic (exact) mass is 382 g/mol. The van der Waals surface area contributed by atoms with E-state index >= 15 is 0 Å². The van der Waals surface area contributed by atoms with Crippen molar-refractivity contribution in [1.82, 2.24) is 0 Å². The Bertz CT molecular complexity index is 927. The SMILES string of the molecule is CC(C)=CCCC(C)=C[C@@H](O)CC(C)=CCOc1ccc2ccc(=O)oc2c1. The number of aliphatic hydroxyl groups excluding tert-OH is 1. The second-order valence-corrected chi connectivity index (χ2v) is 7.42. The predicted molar refractivity (Wildman–Crippen MR) is 115 cm³/mol. The van der Waals surface area contributed by atoms with E-state index in [1.54, 1.807) is 12.1 Å². The Balaban J connectivity index is 1.85. The van der Waals surface area contributed by atoms with Crippen molar-refractivity contribution in [1.29, 1.82) is 0 Å². The van der Waals surface area contributed by atoms with Gasteiger partial charge in [0.25, 0.3) is 0 Å². The van der Waals surface area contributed by atoms with Gasteiger partial charge in [-0.3, -0.25) is 0 Å². The van der Waals surface area contributed by atoms with Crippen LogP contribution in [0.5, 0.6) is 5.75 Å². The van der Waals surface area contributed by atoms with Crippen LogP contribution in [0.1, 0.15) is 47.0 Å². The number of ether oxygens (including phenoxy) is 1. The highest BCUT2D eigenvalue weighted by Gasteiger charge is 2.03. The van der Waals surface area contributed by atoms with Gasteiger partial charge in [-0.05, 0) is 71.2 Å². The van der Waals surface area contributed by atoms with Gasteiger partial charge < -0.3 is 14.3 Å². The third-order valence-electron chi connectivity index (χ3n) is 4.38. The zero-order valence-corrected chi connectivity index (χ0v) is 17.2. The molecule has 1 atom stereocenters. The summed E-state index contributed by atoms with van der Waals surface area (Å²) in [5, 5.41) is 11.1. The first-order valence-corrected chi connectivity index (χ1v) is 9.64. The van der Waals surface area contributed by atoms with Gasteiger partial charge in [0.05, 0.1) is 6.10 Å². The Hall–Kier alpha value is -2.59. The Morgan fingerprint density at radius 2 is 1.86 bits per heavy atom. The van der Waals surface area contributed by atoms with Crippen LogP contribution in [0.15, 0.2) is 74.5 Å². The average molecular weight is 383 g/mol. The van der Waals surface area contributed by atoms with E-state index < -0.39 is 6.10 Å². The van der Waals surface area contributed by atoms with E-state index in [2.05, 4.69) is 26.8 Å². The van der Waals surface area contributed by atoms with Crippen molar-refractivity contribution in [3.05, 3.63) is 75.7 Å². The maximum absolute atomic E-state index is 11.3. The van der Waals surface area contributed by atoms with Gasteiger partial charge in [-0.25, -0.2) is 4.79 Å². The van der Waals surface area contributed by atoms with E-state index in [1.807, 2.05) is 31.2 Å². The smallest absolute Gasteiger partial charge is 0.336 e. The Kier molecular flexibility index (Phi) is 8.27. The summed E-state index contributed by atoms with van der Waals surface area (Å²) < 4.78 is 10.9. The molecule has 0 aliphatic heterocycles. The molecular weight excluding hydrogens is 352 g/mol. The summed E-state index contributed by atoms with van der Waals surface area (Å²) in [6.45, 7) is 8.63. The lowest BCUT2D eigenvalue weighted by Crippen LogP contribution is -2.05. The number of allylic oxidation sites excluding steroid dienone is 3. The van der Waals surface area contributed by atoms with E-state index in [9.17, 15) is 9.90 Å². The molecule has 1 N–H and O–H groups in total. The molecule has 2 rings (SSSR count). The second-order valence-electron chi connectivity index (χ2n) is 7.42. The summed E-state index contributed by atoms with van der Waals surface area (Å²) >= 11 is 0. The molecule has 0 aliphatic carbocycles. The summed E-state index contributed by atoms with van der Waals surface area (Å²) in [5.41, 5.74) is 3.72. The first-order chi connectivity index (χ1) is 13.3. The fourth-order valence-corrected chi connectivity index (χ4v) is 2.88. The summed E-state index contributed by atoms with van der Waals surface area (Å²) in [4.78, 5) is 11.3. The highest BCUT2D eigenvalue weighted by Crippen LogP contribution is 2.19. The predicted octanol–water partition coefficient (Wildman–Crippen LogP) is 5.56. The summed E-state index contributed by atoms with van der Waals surface area (Å²) in [5.74, 6) is 0.640. The topological polar surface area (TPSA) is 59.7 Å². The van der Waals surface area contributed by atoms with Crippen LogP contribution in [-0.2, 0) is 0 Å². The van der Waals surface area contributed by atoms with Crippen molar-refractivity contribution < 1.29 is 14.3 Å². The van der Waals surface area contributed by atoms with Crippen LogP contribution in [0.25, 0.3) is 11.0 Å². The lowest BCUT2D eigenvalue weighted by atomic mass is 10.0. The molecule has 4 nitrogen and oxygen atoms in total. The Labute approximate surface area is 166 Å². The molecule has 0 saturated heterocycles. The number of rotatable bonds is 9. The molecule has 0 amide bonds. The Morgan fingerprint density at radius 1 is 1.11 bits per heavy atom. The summed E-state index contributed by atoms with van der Waals surface area (Å²) in [7, 11) is 0. The Morgan fingerprint density at radius 3 is 2.61 bits per heavy atom.